The van der Waals surface area contributed by atoms with Crippen molar-refractivity contribution < 1.29 is 17.9 Å². The van der Waals surface area contributed by atoms with Crippen LogP contribution in [-0.4, -0.2) is 27.5 Å². The van der Waals surface area contributed by atoms with Gasteiger partial charge in [-0.15, -0.1) is 0 Å². The van der Waals surface area contributed by atoms with E-state index in [1.54, 1.807) is 30.3 Å². The molecule has 0 unspecified atom stereocenters. The Bertz CT molecular complexity index is 1260. The Balaban J connectivity index is 1.63. The lowest BCUT2D eigenvalue weighted by atomic mass is 10.2. The maximum atomic E-state index is 13.4. The Morgan fingerprint density at radius 3 is 2.66 bits per heavy atom. The van der Waals surface area contributed by atoms with E-state index in [1.165, 1.54) is 22.5 Å². The zero-order valence-corrected chi connectivity index (χ0v) is 19.1. The van der Waals surface area contributed by atoms with Crippen LogP contribution in [0.5, 0.6) is 5.75 Å². The van der Waals surface area contributed by atoms with Gasteiger partial charge in [0, 0.05) is 12.1 Å². The highest BCUT2D eigenvalue weighted by Crippen LogP contribution is 2.35. The smallest absolute Gasteiger partial charge is 0.265 e. The van der Waals surface area contributed by atoms with Crippen LogP contribution in [0.1, 0.15) is 29.3 Å². The third-order valence-electron chi connectivity index (χ3n) is 5.20. The van der Waals surface area contributed by atoms with Crippen LogP contribution in [0.3, 0.4) is 0 Å². The van der Waals surface area contributed by atoms with E-state index >= 15 is 0 Å². The van der Waals surface area contributed by atoms with E-state index in [0.29, 0.717) is 36.7 Å². The van der Waals surface area contributed by atoms with Crippen LogP contribution in [0.4, 0.5) is 11.4 Å². The molecule has 1 heterocycles. The third-order valence-corrected chi connectivity index (χ3v) is 7.50. The number of rotatable bonds is 7. The molecule has 0 saturated carbocycles. The molecule has 4 rings (SSSR count). The maximum absolute atomic E-state index is 13.4. The largest absolute Gasteiger partial charge is 0.491 e. The van der Waals surface area contributed by atoms with Gasteiger partial charge >= 0.3 is 0 Å². The van der Waals surface area contributed by atoms with Crippen molar-refractivity contribution in [1.29, 1.82) is 0 Å². The number of sulfonamides is 1. The van der Waals surface area contributed by atoms with Gasteiger partial charge in [-0.1, -0.05) is 48.9 Å². The number of carbonyl (C=O) groups excluding carboxylic acids is 1. The Labute approximate surface area is 192 Å². The molecule has 0 saturated heterocycles. The van der Waals surface area contributed by atoms with Gasteiger partial charge < -0.3 is 10.1 Å². The van der Waals surface area contributed by atoms with Crippen molar-refractivity contribution in [2.45, 2.75) is 24.7 Å². The zero-order valence-electron chi connectivity index (χ0n) is 17.5. The molecule has 3 aromatic rings. The van der Waals surface area contributed by atoms with Gasteiger partial charge in [-0.25, -0.2) is 8.42 Å². The Morgan fingerprint density at radius 1 is 1.09 bits per heavy atom. The monoisotopic (exact) mass is 470 g/mol. The van der Waals surface area contributed by atoms with E-state index in [4.69, 9.17) is 16.3 Å². The SMILES string of the molecule is CCCOc1ccccc1NC(=O)c1ccc(Cl)c(S(=O)(=O)N2CCc3ccccc32)c1. The Hall–Kier alpha value is -3.03. The van der Waals surface area contributed by atoms with Crippen LogP contribution in [0, 0.1) is 0 Å². The van der Waals surface area contributed by atoms with E-state index in [9.17, 15) is 13.2 Å². The molecule has 8 heteroatoms. The Kier molecular flexibility index (Phi) is 6.39. The number of carbonyl (C=O) groups is 1. The first kappa shape index (κ1) is 22.2. The highest BCUT2D eigenvalue weighted by Gasteiger charge is 2.32. The summed E-state index contributed by atoms with van der Waals surface area (Å²) < 4.78 is 33.9. The quantitative estimate of drug-likeness (QED) is 0.519. The highest BCUT2D eigenvalue weighted by molar-refractivity contribution is 7.93. The summed E-state index contributed by atoms with van der Waals surface area (Å²) in [6, 6.07) is 18.7. The summed E-state index contributed by atoms with van der Waals surface area (Å²) in [5.41, 5.74) is 2.30. The summed E-state index contributed by atoms with van der Waals surface area (Å²) in [6.07, 6.45) is 1.46. The molecule has 1 aliphatic heterocycles. The standard InChI is InChI=1S/C24H23ClN2O4S/c1-2-15-31-22-10-6-4-8-20(22)26-24(28)18-11-12-19(25)23(16-18)32(29,30)27-14-13-17-7-3-5-9-21(17)27/h3-12,16H,2,13-15H2,1H3,(H,26,28). The molecule has 166 valence electrons. The lowest BCUT2D eigenvalue weighted by Crippen LogP contribution is -2.29. The van der Waals surface area contributed by atoms with Gasteiger partial charge in [-0.05, 0) is 54.8 Å². The summed E-state index contributed by atoms with van der Waals surface area (Å²) in [6.45, 7) is 2.85. The van der Waals surface area contributed by atoms with Gasteiger partial charge in [0.05, 0.1) is 23.0 Å². The predicted molar refractivity (Wildman–Crippen MR) is 126 cm³/mol. The number of fused-ring (bicyclic) bond motifs is 1. The number of para-hydroxylation sites is 3. The van der Waals surface area contributed by atoms with Crippen LogP contribution in [0.2, 0.25) is 5.02 Å². The maximum Gasteiger partial charge on any atom is 0.265 e. The zero-order chi connectivity index (χ0) is 22.7. The van der Waals surface area contributed by atoms with Gasteiger partial charge in [0.15, 0.2) is 0 Å². The fourth-order valence-corrected chi connectivity index (χ4v) is 5.63. The van der Waals surface area contributed by atoms with Gasteiger partial charge in [0.25, 0.3) is 15.9 Å². The number of nitrogens with zero attached hydrogens (tertiary/aromatic N) is 1. The highest BCUT2D eigenvalue weighted by atomic mass is 35.5. The van der Waals surface area contributed by atoms with Gasteiger partial charge in [-0.2, -0.15) is 0 Å². The molecule has 1 N–H and O–H groups in total. The second-order valence-electron chi connectivity index (χ2n) is 7.40. The molecule has 0 atom stereocenters. The minimum absolute atomic E-state index is 0.0672. The lowest BCUT2D eigenvalue weighted by Gasteiger charge is -2.20. The Morgan fingerprint density at radius 2 is 1.84 bits per heavy atom. The number of halogens is 1. The predicted octanol–water partition coefficient (Wildman–Crippen LogP) is 5.13. The van der Waals surface area contributed by atoms with Crippen LogP contribution in [-0.2, 0) is 16.4 Å². The molecule has 6 nitrogen and oxygen atoms in total. The first-order valence-electron chi connectivity index (χ1n) is 10.3. The van der Waals surface area contributed by atoms with Crippen molar-refractivity contribution in [1.82, 2.24) is 0 Å². The minimum Gasteiger partial charge on any atom is -0.491 e. The van der Waals surface area contributed by atoms with Crippen molar-refractivity contribution in [3.05, 3.63) is 82.9 Å². The molecule has 0 bridgehead atoms. The van der Waals surface area contributed by atoms with E-state index < -0.39 is 15.9 Å². The first-order chi connectivity index (χ1) is 15.4. The third kappa shape index (κ3) is 4.31. The van der Waals surface area contributed by atoms with E-state index in [-0.39, 0.29) is 15.5 Å². The molecule has 0 radical (unpaired) electrons. The van der Waals surface area contributed by atoms with Crippen LogP contribution in [0.25, 0.3) is 0 Å². The van der Waals surface area contributed by atoms with Crippen molar-refractivity contribution >= 4 is 38.9 Å². The molecule has 0 spiro atoms. The summed E-state index contributed by atoms with van der Waals surface area (Å²) in [5.74, 6) is 0.102. The molecule has 3 aromatic carbocycles. The van der Waals surface area contributed by atoms with E-state index in [2.05, 4.69) is 5.32 Å². The number of benzene rings is 3. The number of amides is 1. The lowest BCUT2D eigenvalue weighted by molar-refractivity contribution is 0.102. The van der Waals surface area contributed by atoms with Crippen molar-refractivity contribution in [2.24, 2.45) is 0 Å². The van der Waals surface area contributed by atoms with Crippen LogP contribution in [0.15, 0.2) is 71.6 Å². The van der Waals surface area contributed by atoms with Crippen molar-refractivity contribution in [3.63, 3.8) is 0 Å². The molecule has 1 amide bonds. The molecule has 1 aliphatic rings. The molecule has 0 fully saturated rings. The number of nitrogens with one attached hydrogen (secondary N) is 1. The fourth-order valence-electron chi connectivity index (χ4n) is 3.62. The molecular weight excluding hydrogens is 448 g/mol. The normalized spacial score (nSPS) is 13.0. The average molecular weight is 471 g/mol. The van der Waals surface area contributed by atoms with Crippen molar-refractivity contribution in [3.8, 4) is 5.75 Å². The number of hydrogen-bond acceptors (Lipinski definition) is 4. The van der Waals surface area contributed by atoms with Crippen molar-refractivity contribution in [2.75, 3.05) is 22.8 Å². The number of hydrogen-bond donors (Lipinski definition) is 1. The molecular formula is C24H23ClN2O4S. The summed E-state index contributed by atoms with van der Waals surface area (Å²) in [4.78, 5) is 12.8. The van der Waals surface area contributed by atoms with Crippen LogP contribution < -0.4 is 14.4 Å². The number of anilines is 2. The van der Waals surface area contributed by atoms with Crippen LogP contribution >= 0.6 is 11.6 Å². The second-order valence-corrected chi connectivity index (χ2v) is 9.64. The molecule has 0 aromatic heterocycles. The van der Waals surface area contributed by atoms with Gasteiger partial charge in [-0.3, -0.25) is 9.10 Å². The summed E-state index contributed by atoms with van der Waals surface area (Å²) in [5, 5.41) is 2.87. The molecule has 32 heavy (non-hydrogen) atoms. The number of ether oxygens (including phenoxy) is 1. The second kappa shape index (κ2) is 9.22. The summed E-state index contributed by atoms with van der Waals surface area (Å²) >= 11 is 6.28. The minimum atomic E-state index is -3.94. The van der Waals surface area contributed by atoms with E-state index in [1.807, 2.05) is 25.1 Å². The van der Waals surface area contributed by atoms with E-state index in [0.717, 1.165) is 12.0 Å². The van der Waals surface area contributed by atoms with Gasteiger partial charge in [0.2, 0.25) is 0 Å². The topological polar surface area (TPSA) is 75.7 Å². The average Bonchev–Trinajstić information content (AvgIpc) is 3.24. The summed E-state index contributed by atoms with van der Waals surface area (Å²) in [7, 11) is -3.94. The molecule has 0 aliphatic carbocycles. The van der Waals surface area contributed by atoms with Gasteiger partial charge in [0.1, 0.15) is 10.6 Å². The fraction of sp³-hybridized carbons (Fsp3) is 0.208. The first-order valence-corrected chi connectivity index (χ1v) is 12.2.